The first-order valence-corrected chi connectivity index (χ1v) is 20.2. The van der Waals surface area contributed by atoms with Gasteiger partial charge in [0, 0.05) is 63.1 Å². The highest BCUT2D eigenvalue weighted by Crippen LogP contribution is 2.42. The number of piperazine rings is 2. The largest absolute Gasteiger partial charge is 0.493 e. The van der Waals surface area contributed by atoms with Crippen molar-refractivity contribution in [1.29, 1.82) is 0 Å². The van der Waals surface area contributed by atoms with Crippen LogP contribution < -0.4 is 19.3 Å². The maximum Gasteiger partial charge on any atom is 0.410 e. The lowest BCUT2D eigenvalue weighted by atomic mass is 10.2. The van der Waals surface area contributed by atoms with E-state index in [-0.39, 0.29) is 38.5 Å². The van der Waals surface area contributed by atoms with E-state index in [4.69, 9.17) is 53.8 Å². The molecule has 6 rings (SSSR count). The van der Waals surface area contributed by atoms with E-state index in [0.29, 0.717) is 90.1 Å². The van der Waals surface area contributed by atoms with Gasteiger partial charge < -0.3 is 38.5 Å². The van der Waals surface area contributed by atoms with Crippen molar-refractivity contribution in [2.75, 3.05) is 76.4 Å². The van der Waals surface area contributed by atoms with Crippen LogP contribution in [-0.2, 0) is 9.47 Å². The molecule has 4 heterocycles. The Labute approximate surface area is 356 Å². The van der Waals surface area contributed by atoms with Crippen LogP contribution in [0.15, 0.2) is 21.1 Å². The Hall–Kier alpha value is -3.38. The molecule has 56 heavy (non-hydrogen) atoms. The fourth-order valence-corrected chi connectivity index (χ4v) is 7.21. The molecule has 0 N–H and O–H groups in total. The van der Waals surface area contributed by atoms with E-state index in [1.807, 2.05) is 46.4 Å². The molecule has 0 bridgehead atoms. The van der Waals surface area contributed by atoms with Crippen molar-refractivity contribution in [3.8, 4) is 11.8 Å². The highest BCUT2D eigenvalue weighted by molar-refractivity contribution is 9.11. The fourth-order valence-electron chi connectivity index (χ4n) is 5.89. The van der Waals surface area contributed by atoms with Crippen molar-refractivity contribution in [2.45, 2.75) is 52.7 Å². The second-order valence-electron chi connectivity index (χ2n) is 14.7. The first kappa shape index (κ1) is 43.7. The van der Waals surface area contributed by atoms with Gasteiger partial charge in [-0.2, -0.15) is 15.0 Å². The van der Waals surface area contributed by atoms with E-state index in [1.54, 1.807) is 29.0 Å². The number of anilines is 2. The average Bonchev–Trinajstić information content (AvgIpc) is 3.13. The second-order valence-corrected chi connectivity index (χ2v) is 17.5. The third kappa shape index (κ3) is 10.2. The Bertz CT molecular complexity index is 2130. The number of nitrogens with zero attached hydrogens (tertiary/aromatic N) is 8. The third-order valence-corrected chi connectivity index (χ3v) is 11.2. The number of hydrogen-bond donors (Lipinski definition) is 0. The van der Waals surface area contributed by atoms with Crippen LogP contribution in [0.25, 0.3) is 21.8 Å². The van der Waals surface area contributed by atoms with Gasteiger partial charge in [-0.3, -0.25) is 0 Å². The lowest BCUT2D eigenvalue weighted by Crippen LogP contribution is -2.50. The van der Waals surface area contributed by atoms with Gasteiger partial charge in [0.25, 0.3) is 0 Å². The van der Waals surface area contributed by atoms with E-state index >= 15 is 0 Å². The zero-order valence-electron chi connectivity index (χ0n) is 32.1. The van der Waals surface area contributed by atoms with Crippen molar-refractivity contribution in [3.05, 3.63) is 42.2 Å². The van der Waals surface area contributed by atoms with E-state index < -0.39 is 17.0 Å². The summed E-state index contributed by atoms with van der Waals surface area (Å²) >= 11 is 25.1. The lowest BCUT2D eigenvalue weighted by molar-refractivity contribution is 0.0230. The van der Waals surface area contributed by atoms with Crippen LogP contribution in [0.1, 0.15) is 41.5 Å². The zero-order chi connectivity index (χ0) is 41.3. The highest BCUT2D eigenvalue weighted by Gasteiger charge is 2.30. The molecule has 0 unspecified atom stereocenters. The molecule has 20 heteroatoms. The van der Waals surface area contributed by atoms with Crippen molar-refractivity contribution in [3.63, 3.8) is 0 Å². The summed E-state index contributed by atoms with van der Waals surface area (Å²) in [4.78, 5) is 49.2. The summed E-state index contributed by atoms with van der Waals surface area (Å²) < 4.78 is 37.0. The van der Waals surface area contributed by atoms with Gasteiger partial charge >= 0.3 is 18.2 Å². The first-order chi connectivity index (χ1) is 26.2. The normalized spacial score (nSPS) is 15.1. The van der Waals surface area contributed by atoms with E-state index in [2.05, 4.69) is 56.7 Å². The summed E-state index contributed by atoms with van der Waals surface area (Å²) in [5.74, 6) is 1.10. The predicted octanol–water partition coefficient (Wildman–Crippen LogP) is 9.02. The summed E-state index contributed by atoms with van der Waals surface area (Å²) in [6.07, 6.45) is -0.665. The van der Waals surface area contributed by atoms with E-state index in [9.17, 15) is 14.0 Å². The Morgan fingerprint density at radius 3 is 1.55 bits per heavy atom. The van der Waals surface area contributed by atoms with Crippen molar-refractivity contribution in [2.24, 2.45) is 0 Å². The Morgan fingerprint density at radius 2 is 1.11 bits per heavy atom. The molecule has 14 nitrogen and oxygen atoms in total. The molecule has 304 valence electrons. The summed E-state index contributed by atoms with van der Waals surface area (Å²) in [6, 6.07) is 3.64. The maximum absolute atomic E-state index is 14.5. The Kier molecular flexibility index (Phi) is 13.8. The van der Waals surface area contributed by atoms with Crippen LogP contribution in [0.4, 0.5) is 25.6 Å². The van der Waals surface area contributed by atoms with Crippen molar-refractivity contribution < 1.29 is 32.9 Å². The number of ether oxygens (including phenoxy) is 4. The maximum atomic E-state index is 14.5. The van der Waals surface area contributed by atoms with Gasteiger partial charge in [0.2, 0.25) is 5.28 Å². The fraction of sp³-hybridized carbons (Fsp3) is 0.500. The summed E-state index contributed by atoms with van der Waals surface area (Å²) in [7, 11) is 3.08. The Morgan fingerprint density at radius 1 is 0.661 bits per heavy atom. The molecule has 2 aromatic heterocycles. The second kappa shape index (κ2) is 17.6. The third-order valence-electron chi connectivity index (χ3n) is 8.43. The smallest absolute Gasteiger partial charge is 0.410 e. The number of rotatable bonds is 4. The number of halogens is 6. The van der Waals surface area contributed by atoms with Crippen LogP contribution in [-0.4, -0.2) is 120 Å². The molecule has 0 radical (unpaired) electrons. The quantitative estimate of drug-likeness (QED) is 0.143. The molecule has 0 atom stereocenters. The SMILES string of the molecule is CC(C)(C)OC(=O)N1CCN(c2nc(Cl)nc3c(F)c(Br)c(Cl)cc23)CC1.COc1nc(N2CCN(C(=O)OC(C)(C)C)CC2)c2cc(Cl)c(Br)c(OC)c2n1. The molecule has 0 spiro atoms. The van der Waals surface area contributed by atoms with Crippen molar-refractivity contribution in [1.82, 2.24) is 29.7 Å². The standard InChI is InChI=1S/C19H24BrClN4O4.C17H18BrCl2FN4O2/c1-19(2,3)29-18(26)25-8-6-24(7-9-25)16-11-10-12(21)13(20)15(27-4)14(11)22-17(23-16)28-5;1-17(2,3)27-16(26)25-6-4-24(5-7-25)14-9-8-10(19)11(18)12(21)13(9)22-15(20)23-14/h10H,6-9H2,1-5H3;8H,4-7H2,1-3H3. The van der Waals surface area contributed by atoms with Crippen LogP contribution in [0.2, 0.25) is 15.3 Å². The summed E-state index contributed by atoms with van der Waals surface area (Å²) in [5.41, 5.74) is -0.381. The molecule has 0 aliphatic carbocycles. The molecular weight excluding hydrogens is 926 g/mol. The predicted molar refractivity (Wildman–Crippen MR) is 223 cm³/mol. The molecule has 2 amide bonds. The molecule has 0 saturated carbocycles. The Balaban J connectivity index is 0.000000215. The van der Waals surface area contributed by atoms with Gasteiger partial charge in [0.1, 0.15) is 33.9 Å². The van der Waals surface area contributed by atoms with Crippen molar-refractivity contribution >= 4 is 112 Å². The number of benzene rings is 2. The molecule has 2 aromatic carbocycles. The van der Waals surface area contributed by atoms with E-state index in [1.165, 1.54) is 7.11 Å². The molecule has 2 aliphatic rings. The minimum atomic E-state index is -0.588. The van der Waals surface area contributed by atoms with E-state index in [0.717, 1.165) is 5.39 Å². The minimum absolute atomic E-state index is 0.0554. The minimum Gasteiger partial charge on any atom is -0.493 e. The van der Waals surface area contributed by atoms with Gasteiger partial charge in [0.15, 0.2) is 11.6 Å². The van der Waals surface area contributed by atoms with Gasteiger partial charge in [-0.1, -0.05) is 23.2 Å². The number of amides is 2. The van der Waals surface area contributed by atoms with Crippen LogP contribution >= 0.6 is 66.7 Å². The zero-order valence-corrected chi connectivity index (χ0v) is 37.5. The van der Waals surface area contributed by atoms with Gasteiger partial charge in [-0.15, -0.1) is 0 Å². The van der Waals surface area contributed by atoms with Gasteiger partial charge in [0.05, 0.1) is 33.2 Å². The van der Waals surface area contributed by atoms with Crippen LogP contribution in [0, 0.1) is 5.82 Å². The number of methoxy groups -OCH3 is 2. The lowest BCUT2D eigenvalue weighted by Gasteiger charge is -2.36. The number of carbonyl (C=O) groups is 2. The molecular formula is C36H42Br2Cl3FN8O6. The van der Waals surface area contributed by atoms with Crippen LogP contribution in [0.3, 0.4) is 0 Å². The molecule has 2 aliphatic heterocycles. The molecule has 2 saturated heterocycles. The monoisotopic (exact) mass is 964 g/mol. The molecule has 2 fully saturated rings. The highest BCUT2D eigenvalue weighted by atomic mass is 79.9. The van der Waals surface area contributed by atoms with Crippen LogP contribution in [0.5, 0.6) is 11.8 Å². The topological polar surface area (TPSA) is 136 Å². The number of fused-ring (bicyclic) bond motifs is 2. The van der Waals surface area contributed by atoms with Gasteiger partial charge in [-0.05, 0) is 97.1 Å². The number of hydrogen-bond acceptors (Lipinski definition) is 12. The summed E-state index contributed by atoms with van der Waals surface area (Å²) in [5, 5.41) is 1.88. The molecule has 4 aromatic rings. The first-order valence-electron chi connectivity index (χ1n) is 17.5. The average molecular weight is 968 g/mol. The van der Waals surface area contributed by atoms with Gasteiger partial charge in [-0.25, -0.2) is 19.0 Å². The summed E-state index contributed by atoms with van der Waals surface area (Å²) in [6.45, 7) is 15.2. The number of carbonyl (C=O) groups excluding carboxylic acids is 2. The number of aromatic nitrogens is 4.